The summed E-state index contributed by atoms with van der Waals surface area (Å²) in [6.07, 6.45) is 7.23. The molecule has 0 spiro atoms. The van der Waals surface area contributed by atoms with Gasteiger partial charge in [0.15, 0.2) is 17.3 Å². The molecule has 1 heterocycles. The third kappa shape index (κ3) is 5.77. The Morgan fingerprint density at radius 3 is 2.27 bits per heavy atom. The highest BCUT2D eigenvalue weighted by Gasteiger charge is 2.23. The van der Waals surface area contributed by atoms with Crippen molar-refractivity contribution in [1.82, 2.24) is 0 Å². The summed E-state index contributed by atoms with van der Waals surface area (Å²) in [5.74, 6) is -2.95. The van der Waals surface area contributed by atoms with Crippen molar-refractivity contribution in [3.05, 3.63) is 40.6 Å². The van der Waals surface area contributed by atoms with E-state index in [9.17, 15) is 30.0 Å². The maximum absolute atomic E-state index is 13.1. The first kappa shape index (κ1) is 24.0. The number of phenols is 4. The molecule has 3 rings (SSSR count). The zero-order chi connectivity index (χ0) is 24.0. The Morgan fingerprint density at radius 2 is 1.58 bits per heavy atom. The van der Waals surface area contributed by atoms with Crippen molar-refractivity contribution < 1.29 is 34.4 Å². The van der Waals surface area contributed by atoms with Gasteiger partial charge in [0.05, 0.1) is 0 Å². The summed E-state index contributed by atoms with van der Waals surface area (Å²) >= 11 is 0. The minimum absolute atomic E-state index is 0.104. The van der Waals surface area contributed by atoms with E-state index in [0.29, 0.717) is 6.42 Å². The molecule has 0 aliphatic heterocycles. The van der Waals surface area contributed by atoms with E-state index in [1.54, 1.807) is 0 Å². The number of phenolic OH excluding ortho intramolecular Hbond substituents is 4. The molecular formula is C25H28O8. The molecule has 0 unspecified atom stereocenters. The summed E-state index contributed by atoms with van der Waals surface area (Å²) in [6.45, 7) is 2.15. The molecule has 2 aromatic carbocycles. The van der Waals surface area contributed by atoms with E-state index in [-0.39, 0.29) is 40.2 Å². The zero-order valence-electron chi connectivity index (χ0n) is 18.5. The molecule has 0 bridgehead atoms. The quantitative estimate of drug-likeness (QED) is 0.182. The summed E-state index contributed by atoms with van der Waals surface area (Å²) in [6, 6.07) is 5.84. The van der Waals surface area contributed by atoms with E-state index in [1.165, 1.54) is 25.0 Å². The predicted octanol–water partition coefficient (Wildman–Crippen LogP) is 5.33. The van der Waals surface area contributed by atoms with Gasteiger partial charge in [0.1, 0.15) is 22.5 Å². The molecule has 4 N–H and O–H groups in total. The van der Waals surface area contributed by atoms with Gasteiger partial charge in [-0.3, -0.25) is 9.59 Å². The standard InChI is InChI=1S/C25H28O8/c1-2-3-4-5-6-7-8-9-21(30)33-25-23(31)22-19(29)13-16(26)14-20(22)32-24(25)15-10-11-17(27)18(28)12-15/h10-14,26-29H,2-9H2,1H3. The molecule has 33 heavy (non-hydrogen) atoms. The smallest absolute Gasteiger partial charge is 0.311 e. The predicted molar refractivity (Wildman–Crippen MR) is 123 cm³/mol. The highest BCUT2D eigenvalue weighted by Crippen LogP contribution is 2.38. The fourth-order valence-corrected chi connectivity index (χ4v) is 3.61. The maximum atomic E-state index is 13.1. The summed E-state index contributed by atoms with van der Waals surface area (Å²) in [5, 5.41) is 39.1. The van der Waals surface area contributed by atoms with Crippen LogP contribution in [0.15, 0.2) is 39.5 Å². The average Bonchev–Trinajstić information content (AvgIpc) is 2.76. The highest BCUT2D eigenvalue weighted by atomic mass is 16.5. The Balaban J connectivity index is 1.90. The number of aromatic hydroxyl groups is 4. The molecule has 0 saturated heterocycles. The maximum Gasteiger partial charge on any atom is 0.311 e. The lowest BCUT2D eigenvalue weighted by atomic mass is 10.1. The molecule has 3 aromatic rings. The van der Waals surface area contributed by atoms with Crippen LogP contribution in [0.3, 0.4) is 0 Å². The van der Waals surface area contributed by atoms with E-state index < -0.39 is 28.6 Å². The normalized spacial score (nSPS) is 11.1. The van der Waals surface area contributed by atoms with Gasteiger partial charge in [-0.25, -0.2) is 0 Å². The summed E-state index contributed by atoms with van der Waals surface area (Å²) < 4.78 is 11.1. The Labute approximate surface area is 190 Å². The Bertz CT molecular complexity index is 1200. The third-order valence-electron chi connectivity index (χ3n) is 5.36. The highest BCUT2D eigenvalue weighted by molar-refractivity contribution is 5.89. The fraction of sp³-hybridized carbons (Fsp3) is 0.360. The van der Waals surface area contributed by atoms with Crippen molar-refractivity contribution in [2.75, 3.05) is 0 Å². The molecule has 0 aliphatic carbocycles. The van der Waals surface area contributed by atoms with Crippen LogP contribution in [-0.2, 0) is 4.79 Å². The first-order valence-electron chi connectivity index (χ1n) is 11.1. The average molecular weight is 456 g/mol. The van der Waals surface area contributed by atoms with Gasteiger partial charge in [-0.05, 0) is 24.6 Å². The third-order valence-corrected chi connectivity index (χ3v) is 5.36. The number of hydrogen-bond donors (Lipinski definition) is 4. The molecule has 8 heteroatoms. The minimum Gasteiger partial charge on any atom is -0.508 e. The first-order chi connectivity index (χ1) is 15.8. The number of hydrogen-bond acceptors (Lipinski definition) is 8. The number of rotatable bonds is 10. The lowest BCUT2D eigenvalue weighted by Gasteiger charge is -2.12. The number of fused-ring (bicyclic) bond motifs is 1. The van der Waals surface area contributed by atoms with Crippen LogP contribution < -0.4 is 10.2 Å². The second kappa shape index (κ2) is 10.8. The Morgan fingerprint density at radius 1 is 0.879 bits per heavy atom. The molecule has 0 amide bonds. The number of benzene rings is 2. The largest absolute Gasteiger partial charge is 0.508 e. The Hall–Kier alpha value is -3.68. The summed E-state index contributed by atoms with van der Waals surface area (Å²) in [5.41, 5.74) is -0.776. The second-order valence-corrected chi connectivity index (χ2v) is 7.98. The Kier molecular flexibility index (Phi) is 7.82. The van der Waals surface area contributed by atoms with Gasteiger partial charge in [-0.15, -0.1) is 0 Å². The molecule has 8 nitrogen and oxygen atoms in total. The van der Waals surface area contributed by atoms with Gasteiger partial charge in [-0.1, -0.05) is 45.4 Å². The number of esters is 1. The van der Waals surface area contributed by atoms with Crippen LogP contribution in [0.5, 0.6) is 28.7 Å². The van der Waals surface area contributed by atoms with Crippen LogP contribution in [0.2, 0.25) is 0 Å². The van der Waals surface area contributed by atoms with Crippen molar-refractivity contribution >= 4 is 16.9 Å². The number of unbranched alkanes of at least 4 members (excludes halogenated alkanes) is 6. The lowest BCUT2D eigenvalue weighted by Crippen LogP contribution is -2.16. The van der Waals surface area contributed by atoms with Gasteiger partial charge < -0.3 is 29.6 Å². The van der Waals surface area contributed by atoms with Crippen LogP contribution in [0.4, 0.5) is 0 Å². The van der Waals surface area contributed by atoms with Crippen molar-refractivity contribution in [1.29, 1.82) is 0 Å². The molecule has 1 aromatic heterocycles. The van der Waals surface area contributed by atoms with E-state index in [4.69, 9.17) is 9.15 Å². The second-order valence-electron chi connectivity index (χ2n) is 7.98. The van der Waals surface area contributed by atoms with Gasteiger partial charge in [0.25, 0.3) is 0 Å². The van der Waals surface area contributed by atoms with E-state index in [1.807, 2.05) is 0 Å². The molecule has 0 radical (unpaired) electrons. The molecule has 176 valence electrons. The topological polar surface area (TPSA) is 137 Å². The number of carbonyl (C=O) groups is 1. The zero-order valence-corrected chi connectivity index (χ0v) is 18.5. The number of carbonyl (C=O) groups excluding carboxylic acids is 1. The van der Waals surface area contributed by atoms with Crippen LogP contribution >= 0.6 is 0 Å². The monoisotopic (exact) mass is 456 g/mol. The van der Waals surface area contributed by atoms with Gasteiger partial charge in [0.2, 0.25) is 11.2 Å². The van der Waals surface area contributed by atoms with Gasteiger partial charge in [0, 0.05) is 24.1 Å². The van der Waals surface area contributed by atoms with Gasteiger partial charge in [-0.2, -0.15) is 0 Å². The van der Waals surface area contributed by atoms with Crippen molar-refractivity contribution in [3.8, 4) is 40.1 Å². The molecule has 0 atom stereocenters. The molecule has 0 aliphatic rings. The van der Waals surface area contributed by atoms with E-state index in [2.05, 4.69) is 6.92 Å². The molecule has 0 saturated carbocycles. The molecule has 0 fully saturated rings. The van der Waals surface area contributed by atoms with Crippen LogP contribution in [0, 0.1) is 0 Å². The van der Waals surface area contributed by atoms with Gasteiger partial charge >= 0.3 is 5.97 Å². The lowest BCUT2D eigenvalue weighted by molar-refractivity contribution is -0.134. The van der Waals surface area contributed by atoms with Crippen molar-refractivity contribution in [2.24, 2.45) is 0 Å². The summed E-state index contributed by atoms with van der Waals surface area (Å²) in [7, 11) is 0. The van der Waals surface area contributed by atoms with Crippen LogP contribution in [0.25, 0.3) is 22.3 Å². The van der Waals surface area contributed by atoms with Crippen molar-refractivity contribution in [3.63, 3.8) is 0 Å². The number of ether oxygens (including phenoxy) is 1. The van der Waals surface area contributed by atoms with Crippen molar-refractivity contribution in [2.45, 2.75) is 58.3 Å². The van der Waals surface area contributed by atoms with E-state index in [0.717, 1.165) is 43.9 Å². The SMILES string of the molecule is CCCCCCCCCC(=O)Oc1c(-c2ccc(O)c(O)c2)oc2cc(O)cc(O)c2c1=O. The molecular weight excluding hydrogens is 428 g/mol. The minimum atomic E-state index is -0.802. The van der Waals surface area contributed by atoms with E-state index >= 15 is 0 Å². The van der Waals surface area contributed by atoms with Crippen LogP contribution in [-0.4, -0.2) is 26.4 Å². The fourth-order valence-electron chi connectivity index (χ4n) is 3.61. The summed E-state index contributed by atoms with van der Waals surface area (Å²) in [4.78, 5) is 25.6. The first-order valence-corrected chi connectivity index (χ1v) is 11.1. The van der Waals surface area contributed by atoms with Crippen LogP contribution in [0.1, 0.15) is 58.3 Å².